The van der Waals surface area contributed by atoms with Gasteiger partial charge in [0.2, 0.25) is 5.91 Å². The molecule has 1 amide bonds. The van der Waals surface area contributed by atoms with Gasteiger partial charge in [0.25, 0.3) is 5.56 Å². The van der Waals surface area contributed by atoms with Crippen LogP contribution in [-0.2, 0) is 11.2 Å². The SMILES string of the molecule is COc1ccc(OC)c(CC(=O)N2c3cccc(=O)n3C(c3ccc(Cl)cc3)C2c2ccc(Cl)cc2)c1. The number of pyridine rings is 1. The fourth-order valence-electron chi connectivity index (χ4n) is 4.92. The van der Waals surface area contributed by atoms with E-state index >= 15 is 0 Å². The average Bonchev–Trinajstić information content (AvgIpc) is 3.26. The minimum absolute atomic E-state index is 0.0425. The molecule has 5 rings (SSSR count). The van der Waals surface area contributed by atoms with Crippen LogP contribution in [0, 0.1) is 0 Å². The molecule has 0 N–H and O–H groups in total. The lowest BCUT2D eigenvalue weighted by Crippen LogP contribution is -2.34. The van der Waals surface area contributed by atoms with Crippen molar-refractivity contribution < 1.29 is 14.3 Å². The molecular formula is C29H24Cl2N2O4. The molecule has 3 aromatic carbocycles. The number of carbonyl (C=O) groups is 1. The van der Waals surface area contributed by atoms with Crippen LogP contribution in [0.2, 0.25) is 10.0 Å². The molecule has 6 nitrogen and oxygen atoms in total. The second kappa shape index (κ2) is 10.3. The van der Waals surface area contributed by atoms with Crippen LogP contribution in [0.1, 0.15) is 28.8 Å². The zero-order chi connectivity index (χ0) is 26.1. The molecule has 8 heteroatoms. The summed E-state index contributed by atoms with van der Waals surface area (Å²) < 4.78 is 12.6. The maximum atomic E-state index is 14.1. The largest absolute Gasteiger partial charge is 0.497 e. The van der Waals surface area contributed by atoms with E-state index in [1.54, 1.807) is 78.3 Å². The summed E-state index contributed by atoms with van der Waals surface area (Å²) in [5.41, 5.74) is 2.18. The Balaban J connectivity index is 1.67. The summed E-state index contributed by atoms with van der Waals surface area (Å²) in [6, 6.07) is 24.0. The van der Waals surface area contributed by atoms with E-state index in [-0.39, 0.29) is 17.9 Å². The molecule has 4 aromatic rings. The van der Waals surface area contributed by atoms with E-state index in [1.807, 2.05) is 24.3 Å². The van der Waals surface area contributed by atoms with Gasteiger partial charge in [0.1, 0.15) is 17.3 Å². The third kappa shape index (κ3) is 4.70. The van der Waals surface area contributed by atoms with Gasteiger partial charge in [-0.1, -0.05) is 53.5 Å². The molecule has 0 bridgehead atoms. The van der Waals surface area contributed by atoms with Gasteiger partial charge in [-0.3, -0.25) is 19.1 Å². The van der Waals surface area contributed by atoms with Gasteiger partial charge in [0, 0.05) is 21.7 Å². The average molecular weight is 535 g/mol. The lowest BCUT2D eigenvalue weighted by Gasteiger charge is -2.28. The van der Waals surface area contributed by atoms with Crippen molar-refractivity contribution in [3.63, 3.8) is 0 Å². The molecule has 0 fully saturated rings. The summed E-state index contributed by atoms with van der Waals surface area (Å²) in [6.07, 6.45) is 0.0425. The first-order valence-corrected chi connectivity index (χ1v) is 12.4. The van der Waals surface area contributed by atoms with Crippen LogP contribution < -0.4 is 19.9 Å². The Morgan fingerprint density at radius 2 is 1.43 bits per heavy atom. The number of methoxy groups -OCH3 is 2. The summed E-state index contributed by atoms with van der Waals surface area (Å²) >= 11 is 12.4. The predicted octanol–water partition coefficient (Wildman–Crippen LogP) is 6.09. The number of amides is 1. The molecule has 0 radical (unpaired) electrons. The zero-order valence-electron chi connectivity index (χ0n) is 20.2. The number of hydrogen-bond donors (Lipinski definition) is 0. The smallest absolute Gasteiger partial charge is 0.252 e. The third-order valence-electron chi connectivity index (χ3n) is 6.59. The summed E-state index contributed by atoms with van der Waals surface area (Å²) in [5, 5.41) is 1.17. The van der Waals surface area contributed by atoms with E-state index in [0.29, 0.717) is 32.9 Å². The topological polar surface area (TPSA) is 60.8 Å². The highest BCUT2D eigenvalue weighted by atomic mass is 35.5. The van der Waals surface area contributed by atoms with Crippen molar-refractivity contribution in [3.8, 4) is 11.5 Å². The van der Waals surface area contributed by atoms with Gasteiger partial charge in [-0.05, 0) is 59.7 Å². The lowest BCUT2D eigenvalue weighted by molar-refractivity contribution is -0.118. The first-order chi connectivity index (χ1) is 17.9. The van der Waals surface area contributed by atoms with Crippen LogP contribution in [0.4, 0.5) is 5.82 Å². The molecule has 0 aliphatic carbocycles. The lowest BCUT2D eigenvalue weighted by atomic mass is 9.93. The summed E-state index contributed by atoms with van der Waals surface area (Å²) in [7, 11) is 3.14. The minimum Gasteiger partial charge on any atom is -0.497 e. The quantitative estimate of drug-likeness (QED) is 0.300. The summed E-state index contributed by atoms with van der Waals surface area (Å²) in [5.74, 6) is 1.52. The number of carbonyl (C=O) groups excluding carboxylic acids is 1. The normalized spacial score (nSPS) is 16.4. The Labute approximate surface area is 224 Å². The van der Waals surface area contributed by atoms with Crippen LogP contribution in [0.3, 0.4) is 0 Å². The number of ether oxygens (including phenoxy) is 2. The van der Waals surface area contributed by atoms with Crippen LogP contribution in [0.5, 0.6) is 11.5 Å². The van der Waals surface area contributed by atoms with Gasteiger partial charge >= 0.3 is 0 Å². The number of hydrogen-bond acceptors (Lipinski definition) is 4. The summed E-state index contributed by atoms with van der Waals surface area (Å²) in [6.45, 7) is 0. The Morgan fingerprint density at radius 3 is 2.03 bits per heavy atom. The Bertz CT molecular complexity index is 1500. The molecular weight excluding hydrogens is 511 g/mol. The zero-order valence-corrected chi connectivity index (χ0v) is 21.7. The van der Waals surface area contributed by atoms with Crippen molar-refractivity contribution in [3.05, 3.63) is 122 Å². The maximum absolute atomic E-state index is 14.1. The fourth-order valence-corrected chi connectivity index (χ4v) is 5.18. The van der Waals surface area contributed by atoms with Gasteiger partial charge in [0.05, 0.1) is 32.7 Å². The van der Waals surface area contributed by atoms with Crippen molar-refractivity contribution in [1.29, 1.82) is 0 Å². The van der Waals surface area contributed by atoms with E-state index in [9.17, 15) is 9.59 Å². The highest BCUT2D eigenvalue weighted by molar-refractivity contribution is 6.30. The van der Waals surface area contributed by atoms with Crippen molar-refractivity contribution in [2.45, 2.75) is 18.5 Å². The van der Waals surface area contributed by atoms with Gasteiger partial charge in [-0.15, -0.1) is 0 Å². The van der Waals surface area contributed by atoms with E-state index in [0.717, 1.165) is 11.1 Å². The van der Waals surface area contributed by atoms with Crippen LogP contribution >= 0.6 is 23.2 Å². The standard InChI is InChI=1S/C29H24Cl2N2O4/c1-36-23-14-15-24(37-2)20(16-23)17-27(35)33-25-4-3-5-26(34)32(25)28(18-6-10-21(30)11-7-18)29(33)19-8-12-22(31)13-9-19/h3-16,28-29H,17H2,1-2H3. The number of rotatable bonds is 6. The molecule has 188 valence electrons. The minimum atomic E-state index is -0.502. The van der Waals surface area contributed by atoms with Gasteiger partial charge in [-0.25, -0.2) is 0 Å². The number of benzene rings is 3. The van der Waals surface area contributed by atoms with Gasteiger partial charge in [-0.2, -0.15) is 0 Å². The van der Waals surface area contributed by atoms with Crippen LogP contribution in [0.25, 0.3) is 0 Å². The molecule has 2 unspecified atom stereocenters. The molecule has 2 atom stereocenters. The first kappa shape index (κ1) is 24.9. The van der Waals surface area contributed by atoms with E-state index in [4.69, 9.17) is 32.7 Å². The van der Waals surface area contributed by atoms with Crippen molar-refractivity contribution in [2.24, 2.45) is 0 Å². The third-order valence-corrected chi connectivity index (χ3v) is 7.10. The highest BCUT2D eigenvalue weighted by Crippen LogP contribution is 2.47. The number of nitrogens with zero attached hydrogens (tertiary/aromatic N) is 2. The highest BCUT2D eigenvalue weighted by Gasteiger charge is 2.43. The molecule has 2 heterocycles. The Hall–Kier alpha value is -3.74. The molecule has 1 aliphatic heterocycles. The van der Waals surface area contributed by atoms with E-state index in [2.05, 4.69) is 0 Å². The molecule has 1 aliphatic rings. The number of fused-ring (bicyclic) bond motifs is 1. The van der Waals surface area contributed by atoms with E-state index < -0.39 is 12.1 Å². The predicted molar refractivity (Wildman–Crippen MR) is 145 cm³/mol. The molecule has 0 saturated heterocycles. The van der Waals surface area contributed by atoms with Crippen molar-refractivity contribution in [1.82, 2.24) is 4.57 Å². The maximum Gasteiger partial charge on any atom is 0.252 e. The first-order valence-electron chi connectivity index (χ1n) is 11.7. The molecule has 37 heavy (non-hydrogen) atoms. The number of aromatic nitrogens is 1. The number of halogens is 2. The molecule has 1 aromatic heterocycles. The molecule has 0 saturated carbocycles. The second-order valence-electron chi connectivity index (χ2n) is 8.70. The Morgan fingerprint density at radius 1 is 0.811 bits per heavy atom. The monoisotopic (exact) mass is 534 g/mol. The second-order valence-corrected chi connectivity index (χ2v) is 9.58. The van der Waals surface area contributed by atoms with Crippen LogP contribution in [0.15, 0.2) is 89.7 Å². The summed E-state index contributed by atoms with van der Waals surface area (Å²) in [4.78, 5) is 29.0. The van der Waals surface area contributed by atoms with Crippen molar-refractivity contribution >= 4 is 34.9 Å². The molecule has 0 spiro atoms. The van der Waals surface area contributed by atoms with E-state index in [1.165, 1.54) is 6.07 Å². The van der Waals surface area contributed by atoms with Crippen LogP contribution in [-0.4, -0.2) is 24.7 Å². The van der Waals surface area contributed by atoms with Gasteiger partial charge < -0.3 is 9.47 Å². The fraction of sp³-hybridized carbons (Fsp3) is 0.172. The van der Waals surface area contributed by atoms with Crippen molar-refractivity contribution in [2.75, 3.05) is 19.1 Å². The number of anilines is 1. The Kier molecular flexibility index (Phi) is 6.96. The van der Waals surface area contributed by atoms with Gasteiger partial charge in [0.15, 0.2) is 0 Å².